The monoisotopic (exact) mass is 594 g/mol. The van der Waals surface area contributed by atoms with Crippen molar-refractivity contribution < 1.29 is 23.6 Å². The first-order valence-corrected chi connectivity index (χ1v) is 15.3. The van der Waals surface area contributed by atoms with Crippen LogP contribution in [-0.2, 0) is 16.0 Å². The zero-order valence-corrected chi connectivity index (χ0v) is 26.6. The molecule has 0 unspecified atom stereocenters. The fraction of sp³-hybridized carbons (Fsp3) is 0.594. The Kier molecular flexibility index (Phi) is 10.1. The van der Waals surface area contributed by atoms with Gasteiger partial charge in [-0.3, -0.25) is 5.32 Å². The number of nitrogens with one attached hydrogen (secondary N) is 1. The van der Waals surface area contributed by atoms with Crippen molar-refractivity contribution in [3.05, 3.63) is 36.4 Å². The van der Waals surface area contributed by atoms with Gasteiger partial charge in [-0.2, -0.15) is 4.98 Å². The lowest BCUT2D eigenvalue weighted by Crippen LogP contribution is -2.46. The van der Waals surface area contributed by atoms with E-state index in [1.165, 1.54) is 25.7 Å². The van der Waals surface area contributed by atoms with Gasteiger partial charge in [-0.15, -0.1) is 4.99 Å². The molecule has 234 valence electrons. The zero-order chi connectivity index (χ0) is 31.2. The number of nitrogens with zero attached hydrogens (tertiary/aromatic N) is 5. The van der Waals surface area contributed by atoms with Crippen LogP contribution in [0.25, 0.3) is 22.3 Å². The van der Waals surface area contributed by atoms with Crippen LogP contribution in [0, 0.1) is 0 Å². The number of hydrogen-bond donors (Lipinski definition) is 1. The molecular weight excluding hydrogens is 548 g/mol. The van der Waals surface area contributed by atoms with Crippen molar-refractivity contribution in [2.24, 2.45) is 4.99 Å². The topological polar surface area (TPSA) is 124 Å². The minimum Gasteiger partial charge on any atom is -0.444 e. The van der Waals surface area contributed by atoms with Crippen LogP contribution in [0.1, 0.15) is 105 Å². The van der Waals surface area contributed by atoms with Crippen LogP contribution in [0.4, 0.5) is 9.59 Å². The standard InChI is InChI=1S/C32H46N6O5/c1-8-9-10-11-12-19-37-21-18-22-23(15-13-16-24(22)37)26-33-27(43-36-26)25-17-14-20-38(25)28(34-29(39)41-31(2,3)4)35-30(40)42-32(5,6)7/h13,15-16,18,21,25H,8-12,14,17,19-20H2,1-7H3,(H,34,35,39,40)/t25-/m0/s1. The molecule has 11 nitrogen and oxygen atoms in total. The summed E-state index contributed by atoms with van der Waals surface area (Å²) in [6.07, 6.45) is 8.15. The number of likely N-dealkylation sites (tertiary alicyclic amines) is 1. The number of aryl methyl sites for hydroxylation is 1. The Morgan fingerprint density at radius 3 is 2.51 bits per heavy atom. The van der Waals surface area contributed by atoms with Crippen molar-refractivity contribution >= 4 is 29.0 Å². The van der Waals surface area contributed by atoms with E-state index in [4.69, 9.17) is 19.0 Å². The number of guanidine groups is 1. The Labute approximate surface area is 254 Å². The molecule has 3 heterocycles. The first-order chi connectivity index (χ1) is 20.3. The van der Waals surface area contributed by atoms with Crippen LogP contribution in [0.2, 0.25) is 0 Å². The van der Waals surface area contributed by atoms with Crippen molar-refractivity contribution in [3.8, 4) is 11.4 Å². The van der Waals surface area contributed by atoms with Crippen LogP contribution < -0.4 is 5.32 Å². The molecule has 1 aliphatic rings. The van der Waals surface area contributed by atoms with Crippen molar-refractivity contribution in [1.29, 1.82) is 0 Å². The van der Waals surface area contributed by atoms with Gasteiger partial charge in [0.05, 0.1) is 0 Å². The molecule has 0 bridgehead atoms. The van der Waals surface area contributed by atoms with Crippen LogP contribution in [0.5, 0.6) is 0 Å². The average Bonchev–Trinajstić information content (AvgIpc) is 3.65. The summed E-state index contributed by atoms with van der Waals surface area (Å²) < 4.78 is 18.9. The molecular formula is C32H46N6O5. The number of fused-ring (bicyclic) bond motifs is 1. The molecule has 4 rings (SSSR count). The number of aliphatic imine (C=N–C) groups is 1. The Morgan fingerprint density at radius 1 is 1.05 bits per heavy atom. The second-order valence-corrected chi connectivity index (χ2v) is 13.0. The number of alkyl carbamates (subject to hydrolysis) is 1. The largest absolute Gasteiger partial charge is 0.444 e. The van der Waals surface area contributed by atoms with Gasteiger partial charge in [0.25, 0.3) is 0 Å². The number of unbranched alkanes of at least 4 members (excludes halogenated alkanes) is 4. The average molecular weight is 595 g/mol. The van der Waals surface area contributed by atoms with Gasteiger partial charge in [0.1, 0.15) is 17.2 Å². The highest BCUT2D eigenvalue weighted by Gasteiger charge is 2.35. The van der Waals surface area contributed by atoms with Crippen LogP contribution in [-0.4, -0.2) is 55.5 Å². The lowest BCUT2D eigenvalue weighted by Gasteiger charge is -2.27. The third-order valence-electron chi connectivity index (χ3n) is 7.01. The molecule has 11 heteroatoms. The zero-order valence-electron chi connectivity index (χ0n) is 26.6. The number of ether oxygens (including phenoxy) is 2. The van der Waals surface area contributed by atoms with E-state index in [-0.39, 0.29) is 5.96 Å². The fourth-order valence-electron chi connectivity index (χ4n) is 5.19. The third-order valence-corrected chi connectivity index (χ3v) is 7.01. The number of hydrogen-bond acceptors (Lipinski definition) is 7. The molecule has 0 radical (unpaired) electrons. The highest BCUT2D eigenvalue weighted by atomic mass is 16.6. The van der Waals surface area contributed by atoms with E-state index in [1.807, 2.05) is 12.1 Å². The molecule has 43 heavy (non-hydrogen) atoms. The number of carbonyl (C=O) groups is 2. The smallest absolute Gasteiger partial charge is 0.437 e. The molecule has 0 spiro atoms. The third kappa shape index (κ3) is 8.81. The first kappa shape index (κ1) is 32.0. The van der Waals surface area contributed by atoms with Crippen LogP contribution in [0.3, 0.4) is 0 Å². The summed E-state index contributed by atoms with van der Waals surface area (Å²) in [6.45, 7) is 14.3. The van der Waals surface area contributed by atoms with Crippen molar-refractivity contribution in [3.63, 3.8) is 0 Å². The number of aromatic nitrogens is 3. The molecule has 1 fully saturated rings. The van der Waals surface area contributed by atoms with E-state index in [1.54, 1.807) is 46.4 Å². The number of rotatable bonds is 8. The Morgan fingerprint density at radius 2 is 1.79 bits per heavy atom. The summed E-state index contributed by atoms with van der Waals surface area (Å²) in [5.41, 5.74) is 0.534. The Bertz CT molecular complexity index is 1430. The number of carbonyl (C=O) groups excluding carboxylic acids is 2. The summed E-state index contributed by atoms with van der Waals surface area (Å²) in [6, 6.07) is 7.83. The van der Waals surface area contributed by atoms with Crippen molar-refractivity contribution in [1.82, 2.24) is 24.9 Å². The lowest BCUT2D eigenvalue weighted by atomic mass is 10.1. The summed E-state index contributed by atoms with van der Waals surface area (Å²) in [4.78, 5) is 36.1. The van der Waals surface area contributed by atoms with Crippen molar-refractivity contribution in [2.75, 3.05) is 6.54 Å². The van der Waals surface area contributed by atoms with Gasteiger partial charge in [0.15, 0.2) is 0 Å². The van der Waals surface area contributed by atoms with Crippen LogP contribution in [0.15, 0.2) is 40.0 Å². The quantitative estimate of drug-likeness (QED) is 0.160. The van der Waals surface area contributed by atoms with E-state index in [2.05, 4.69) is 45.3 Å². The van der Waals surface area contributed by atoms with Crippen molar-refractivity contribution in [2.45, 2.75) is 117 Å². The van der Waals surface area contributed by atoms with Gasteiger partial charge in [-0.1, -0.05) is 49.9 Å². The summed E-state index contributed by atoms with van der Waals surface area (Å²) >= 11 is 0. The molecule has 0 saturated carbocycles. The molecule has 2 aromatic heterocycles. The molecule has 1 atom stereocenters. The highest BCUT2D eigenvalue weighted by Crippen LogP contribution is 2.34. The van der Waals surface area contributed by atoms with E-state index in [0.29, 0.717) is 24.7 Å². The van der Waals surface area contributed by atoms with Gasteiger partial charge >= 0.3 is 12.2 Å². The second-order valence-electron chi connectivity index (χ2n) is 13.0. The van der Waals surface area contributed by atoms with E-state index in [0.717, 1.165) is 35.9 Å². The highest BCUT2D eigenvalue weighted by molar-refractivity contribution is 5.99. The minimum atomic E-state index is -0.822. The van der Waals surface area contributed by atoms with Gasteiger partial charge in [-0.25, -0.2) is 9.59 Å². The number of amides is 2. The van der Waals surface area contributed by atoms with E-state index in [9.17, 15) is 9.59 Å². The Balaban J connectivity index is 1.57. The van der Waals surface area contributed by atoms with Gasteiger partial charge in [0.2, 0.25) is 17.7 Å². The predicted octanol–water partition coefficient (Wildman–Crippen LogP) is 7.61. The molecule has 2 amide bonds. The Hall–Kier alpha value is -3.89. The van der Waals surface area contributed by atoms with Gasteiger partial charge in [0, 0.05) is 35.8 Å². The fourth-order valence-corrected chi connectivity index (χ4v) is 5.19. The van der Waals surface area contributed by atoms with Crippen LogP contribution >= 0.6 is 0 Å². The first-order valence-electron chi connectivity index (χ1n) is 15.3. The molecule has 1 saturated heterocycles. The predicted molar refractivity (Wildman–Crippen MR) is 166 cm³/mol. The lowest BCUT2D eigenvalue weighted by molar-refractivity contribution is 0.0553. The molecule has 0 aliphatic carbocycles. The molecule has 1 aliphatic heterocycles. The molecule has 1 N–H and O–H groups in total. The maximum Gasteiger partial charge on any atom is 0.437 e. The second kappa shape index (κ2) is 13.6. The maximum atomic E-state index is 12.7. The molecule has 3 aromatic rings. The van der Waals surface area contributed by atoms with Gasteiger partial charge < -0.3 is 23.5 Å². The minimum absolute atomic E-state index is 0.0175. The summed E-state index contributed by atoms with van der Waals surface area (Å²) in [5.74, 6) is 0.880. The normalized spacial score (nSPS) is 16.1. The van der Waals surface area contributed by atoms with E-state index >= 15 is 0 Å². The van der Waals surface area contributed by atoms with E-state index < -0.39 is 29.4 Å². The molecule has 1 aromatic carbocycles. The summed E-state index contributed by atoms with van der Waals surface area (Å²) in [7, 11) is 0. The number of benzene rings is 1. The SMILES string of the molecule is CCCCCCCn1ccc2c(-c3noc([C@@H]4CCCN4/C(=N\C(=O)OC(C)(C)C)NC(=O)OC(C)(C)C)n3)cccc21. The van der Waals surface area contributed by atoms with Gasteiger partial charge in [-0.05, 0) is 72.9 Å². The maximum absolute atomic E-state index is 12.7. The summed E-state index contributed by atoms with van der Waals surface area (Å²) in [5, 5.41) is 8.04.